The smallest absolute Gasteiger partial charge is 0.271 e. The molecule has 168 valence electrons. The van der Waals surface area contributed by atoms with Gasteiger partial charge in [0.2, 0.25) is 15.9 Å². The van der Waals surface area contributed by atoms with Crippen LogP contribution in [0.3, 0.4) is 0 Å². The number of fused-ring (bicyclic) bond motifs is 1. The summed E-state index contributed by atoms with van der Waals surface area (Å²) in [5, 5.41) is 16.1. The van der Waals surface area contributed by atoms with Gasteiger partial charge >= 0.3 is 0 Å². The van der Waals surface area contributed by atoms with Crippen LogP contribution in [-0.4, -0.2) is 31.5 Å². The normalized spacial score (nSPS) is 12.3. The van der Waals surface area contributed by atoms with E-state index in [1.165, 1.54) is 18.2 Å². The van der Waals surface area contributed by atoms with Crippen molar-refractivity contribution < 1.29 is 18.1 Å². The monoisotopic (exact) mass is 455 g/mol. The molecule has 0 fully saturated rings. The molecule has 0 spiro atoms. The summed E-state index contributed by atoms with van der Waals surface area (Å²) in [5.41, 5.74) is 1.30. The predicted octanol–water partition coefficient (Wildman–Crippen LogP) is 3.92. The Labute approximate surface area is 187 Å². The molecule has 3 rings (SSSR count). The predicted molar refractivity (Wildman–Crippen MR) is 125 cm³/mol. The molecule has 32 heavy (non-hydrogen) atoms. The zero-order chi connectivity index (χ0) is 23.5. The van der Waals surface area contributed by atoms with Gasteiger partial charge < -0.3 is 5.32 Å². The fourth-order valence-electron chi connectivity index (χ4n) is 3.73. The molecule has 0 saturated carbocycles. The number of amides is 1. The van der Waals surface area contributed by atoms with E-state index in [1.54, 1.807) is 13.8 Å². The summed E-state index contributed by atoms with van der Waals surface area (Å²) >= 11 is 0. The van der Waals surface area contributed by atoms with Crippen LogP contribution < -0.4 is 9.62 Å². The lowest BCUT2D eigenvalue weighted by atomic mass is 10.0. The molecule has 1 N–H and O–H groups in total. The molecule has 8 nitrogen and oxygen atoms in total. The van der Waals surface area contributed by atoms with Crippen molar-refractivity contribution in [3.05, 3.63) is 81.9 Å². The third-order valence-corrected chi connectivity index (χ3v) is 6.47. The fraction of sp³-hybridized carbons (Fsp3) is 0.261. The molecular formula is C23H25N3O5S. The highest BCUT2D eigenvalue weighted by Crippen LogP contribution is 2.30. The number of carbonyl (C=O) groups excluding carboxylic acids is 1. The average molecular weight is 456 g/mol. The Balaban J connectivity index is 1.93. The first-order valence-electron chi connectivity index (χ1n) is 10.1. The molecule has 1 unspecified atom stereocenters. The lowest BCUT2D eigenvalue weighted by Crippen LogP contribution is -2.49. The Morgan fingerprint density at radius 1 is 1.12 bits per heavy atom. The summed E-state index contributed by atoms with van der Waals surface area (Å²) in [6, 6.07) is 16.5. The maximum atomic E-state index is 13.1. The number of nitrogens with zero attached hydrogens (tertiary/aromatic N) is 2. The van der Waals surface area contributed by atoms with Gasteiger partial charge in [0.05, 0.1) is 16.9 Å². The Morgan fingerprint density at radius 3 is 2.47 bits per heavy atom. The van der Waals surface area contributed by atoms with Gasteiger partial charge in [0.15, 0.2) is 0 Å². The molecule has 3 aromatic rings. The number of nitro groups is 1. The van der Waals surface area contributed by atoms with E-state index in [-0.39, 0.29) is 24.3 Å². The van der Waals surface area contributed by atoms with Gasteiger partial charge in [0, 0.05) is 18.7 Å². The van der Waals surface area contributed by atoms with Crippen LogP contribution in [0.4, 0.5) is 11.4 Å². The molecule has 9 heteroatoms. The first-order chi connectivity index (χ1) is 15.1. The van der Waals surface area contributed by atoms with E-state index in [9.17, 15) is 23.3 Å². The molecule has 1 atom stereocenters. The third kappa shape index (κ3) is 4.88. The summed E-state index contributed by atoms with van der Waals surface area (Å²) in [7, 11) is -3.91. The number of benzene rings is 3. The van der Waals surface area contributed by atoms with Crippen LogP contribution in [0.15, 0.2) is 60.7 Å². The summed E-state index contributed by atoms with van der Waals surface area (Å²) < 4.78 is 26.4. The van der Waals surface area contributed by atoms with Crippen LogP contribution in [0.25, 0.3) is 10.8 Å². The second kappa shape index (κ2) is 9.35. The van der Waals surface area contributed by atoms with E-state index in [0.717, 1.165) is 26.9 Å². The van der Waals surface area contributed by atoms with Crippen LogP contribution in [0.2, 0.25) is 0 Å². The van der Waals surface area contributed by atoms with Crippen LogP contribution >= 0.6 is 0 Å². The minimum Gasteiger partial charge on any atom is -0.350 e. The third-order valence-electron chi connectivity index (χ3n) is 5.30. The van der Waals surface area contributed by atoms with E-state index in [1.807, 2.05) is 42.5 Å². The van der Waals surface area contributed by atoms with Crippen molar-refractivity contribution >= 4 is 38.1 Å². The van der Waals surface area contributed by atoms with E-state index in [0.29, 0.717) is 5.56 Å². The van der Waals surface area contributed by atoms with E-state index in [2.05, 4.69) is 5.32 Å². The number of anilines is 1. The molecule has 1 amide bonds. The SMILES string of the molecule is CCC(C(=O)NCc1cccc2ccccc12)N(c1cc([N+](=O)[O-])ccc1C)S(C)(=O)=O. The van der Waals surface area contributed by atoms with Crippen molar-refractivity contribution in [3.63, 3.8) is 0 Å². The van der Waals surface area contributed by atoms with E-state index in [4.69, 9.17) is 0 Å². The van der Waals surface area contributed by atoms with Gasteiger partial charge in [0.25, 0.3) is 5.69 Å². The van der Waals surface area contributed by atoms with Crippen LogP contribution in [0.1, 0.15) is 24.5 Å². The number of rotatable bonds is 8. The number of nitro benzene ring substituents is 1. The zero-order valence-corrected chi connectivity index (χ0v) is 18.9. The van der Waals surface area contributed by atoms with Crippen molar-refractivity contribution in [1.82, 2.24) is 5.32 Å². The number of nitrogens with one attached hydrogen (secondary N) is 1. The molecule has 3 aromatic carbocycles. The largest absolute Gasteiger partial charge is 0.350 e. The lowest BCUT2D eigenvalue weighted by Gasteiger charge is -2.31. The van der Waals surface area contributed by atoms with Crippen LogP contribution in [0, 0.1) is 17.0 Å². The van der Waals surface area contributed by atoms with Crippen molar-refractivity contribution in [2.24, 2.45) is 0 Å². The highest BCUT2D eigenvalue weighted by Gasteiger charge is 2.33. The Kier molecular flexibility index (Phi) is 6.78. The fourth-order valence-corrected chi connectivity index (χ4v) is 4.99. The number of aryl methyl sites for hydroxylation is 1. The molecule has 0 saturated heterocycles. The number of non-ortho nitro benzene ring substituents is 1. The minimum atomic E-state index is -3.91. The quantitative estimate of drug-likeness (QED) is 0.409. The Bertz CT molecular complexity index is 1270. The summed E-state index contributed by atoms with van der Waals surface area (Å²) in [6.45, 7) is 3.58. The minimum absolute atomic E-state index is 0.119. The van der Waals surface area contributed by atoms with Gasteiger partial charge in [-0.3, -0.25) is 19.2 Å². The van der Waals surface area contributed by atoms with Crippen LogP contribution in [-0.2, 0) is 21.4 Å². The number of carbonyl (C=O) groups is 1. The highest BCUT2D eigenvalue weighted by atomic mass is 32.2. The molecular weight excluding hydrogens is 430 g/mol. The van der Waals surface area contributed by atoms with Crippen LogP contribution in [0.5, 0.6) is 0 Å². The highest BCUT2D eigenvalue weighted by molar-refractivity contribution is 7.92. The molecule has 0 bridgehead atoms. The summed E-state index contributed by atoms with van der Waals surface area (Å²) in [6.07, 6.45) is 1.18. The second-order valence-corrected chi connectivity index (χ2v) is 9.43. The lowest BCUT2D eigenvalue weighted by molar-refractivity contribution is -0.384. The van der Waals surface area contributed by atoms with E-state index < -0.39 is 26.9 Å². The summed E-state index contributed by atoms with van der Waals surface area (Å²) in [4.78, 5) is 23.8. The number of sulfonamides is 1. The van der Waals surface area contributed by atoms with Crippen molar-refractivity contribution in [3.8, 4) is 0 Å². The maximum absolute atomic E-state index is 13.1. The number of hydrogen-bond donors (Lipinski definition) is 1. The molecule has 0 aliphatic heterocycles. The molecule has 0 radical (unpaired) electrons. The molecule has 0 heterocycles. The molecule has 0 aliphatic rings. The first kappa shape index (κ1) is 23.2. The van der Waals surface area contributed by atoms with Crippen molar-refractivity contribution in [1.29, 1.82) is 0 Å². The number of hydrogen-bond acceptors (Lipinski definition) is 5. The second-order valence-electron chi connectivity index (χ2n) is 7.57. The standard InChI is InChI=1S/C23H25N3O5S/c1-4-21(23(27)24-15-18-10-7-9-17-8-5-6-11-20(17)18)25(32(3,30)31)22-14-19(26(28)29)13-12-16(22)2/h5-14,21H,4,15H2,1-3H3,(H,24,27). The topological polar surface area (TPSA) is 110 Å². The first-order valence-corrected chi connectivity index (χ1v) is 12.0. The van der Waals surface area contributed by atoms with Gasteiger partial charge in [-0.2, -0.15) is 0 Å². The van der Waals surface area contributed by atoms with Gasteiger partial charge in [0.1, 0.15) is 6.04 Å². The van der Waals surface area contributed by atoms with Gasteiger partial charge in [-0.25, -0.2) is 8.42 Å². The van der Waals surface area contributed by atoms with Gasteiger partial charge in [-0.15, -0.1) is 0 Å². The maximum Gasteiger partial charge on any atom is 0.271 e. The van der Waals surface area contributed by atoms with Crippen molar-refractivity contribution in [2.75, 3.05) is 10.6 Å². The Morgan fingerprint density at radius 2 is 1.81 bits per heavy atom. The van der Waals surface area contributed by atoms with Crippen molar-refractivity contribution in [2.45, 2.75) is 32.9 Å². The zero-order valence-electron chi connectivity index (χ0n) is 18.1. The van der Waals surface area contributed by atoms with Gasteiger partial charge in [-0.1, -0.05) is 55.5 Å². The molecule has 0 aliphatic carbocycles. The Hall–Kier alpha value is -3.46. The van der Waals surface area contributed by atoms with Gasteiger partial charge in [-0.05, 0) is 35.2 Å². The van der Waals surface area contributed by atoms with E-state index >= 15 is 0 Å². The molecule has 0 aromatic heterocycles. The summed E-state index contributed by atoms with van der Waals surface area (Å²) in [5.74, 6) is -0.475. The average Bonchev–Trinajstić information content (AvgIpc) is 2.75.